The SMILES string of the molecule is COc1cc(C2(N)CCCC2)c(F)cc1OC(C)C. The minimum Gasteiger partial charge on any atom is -0.493 e. The van der Waals surface area contributed by atoms with Crippen LogP contribution in [0.1, 0.15) is 45.1 Å². The number of benzene rings is 1. The Bertz CT molecular complexity index is 454. The molecule has 1 saturated carbocycles. The Morgan fingerprint density at radius 3 is 2.37 bits per heavy atom. The van der Waals surface area contributed by atoms with Crippen LogP contribution in [-0.2, 0) is 5.54 Å². The van der Waals surface area contributed by atoms with Gasteiger partial charge in [-0.15, -0.1) is 0 Å². The van der Waals surface area contributed by atoms with Gasteiger partial charge in [0.2, 0.25) is 0 Å². The predicted octanol–water partition coefficient (Wildman–Crippen LogP) is 3.35. The Labute approximate surface area is 113 Å². The van der Waals surface area contributed by atoms with Crippen molar-refractivity contribution in [2.45, 2.75) is 51.2 Å². The number of ether oxygens (including phenoxy) is 2. The van der Waals surface area contributed by atoms with Crippen LogP contribution in [0.25, 0.3) is 0 Å². The summed E-state index contributed by atoms with van der Waals surface area (Å²) >= 11 is 0. The highest BCUT2D eigenvalue weighted by atomic mass is 19.1. The number of methoxy groups -OCH3 is 1. The average Bonchev–Trinajstić information content (AvgIpc) is 2.76. The lowest BCUT2D eigenvalue weighted by Crippen LogP contribution is -2.34. The van der Waals surface area contributed by atoms with Crippen molar-refractivity contribution in [3.63, 3.8) is 0 Å². The van der Waals surface area contributed by atoms with Crippen molar-refractivity contribution in [1.82, 2.24) is 0 Å². The van der Waals surface area contributed by atoms with E-state index in [4.69, 9.17) is 15.2 Å². The first-order valence-electron chi connectivity index (χ1n) is 6.80. The molecule has 1 aromatic carbocycles. The molecule has 0 atom stereocenters. The van der Waals surface area contributed by atoms with E-state index in [2.05, 4.69) is 0 Å². The quantitative estimate of drug-likeness (QED) is 0.909. The molecule has 1 aliphatic rings. The first-order chi connectivity index (χ1) is 8.96. The summed E-state index contributed by atoms with van der Waals surface area (Å²) in [7, 11) is 1.56. The van der Waals surface area contributed by atoms with Crippen molar-refractivity contribution in [2.24, 2.45) is 5.73 Å². The predicted molar refractivity (Wildman–Crippen MR) is 73.0 cm³/mol. The van der Waals surface area contributed by atoms with E-state index in [1.807, 2.05) is 13.8 Å². The maximum atomic E-state index is 14.3. The van der Waals surface area contributed by atoms with E-state index in [0.29, 0.717) is 17.1 Å². The molecule has 0 aromatic heterocycles. The van der Waals surface area contributed by atoms with Gasteiger partial charge in [-0.05, 0) is 32.8 Å². The van der Waals surface area contributed by atoms with E-state index in [0.717, 1.165) is 25.7 Å². The van der Waals surface area contributed by atoms with E-state index >= 15 is 0 Å². The highest BCUT2D eigenvalue weighted by molar-refractivity contribution is 5.46. The maximum Gasteiger partial charge on any atom is 0.164 e. The molecule has 0 amide bonds. The molecule has 2 rings (SSSR count). The maximum absolute atomic E-state index is 14.3. The van der Waals surface area contributed by atoms with Gasteiger partial charge in [-0.25, -0.2) is 4.39 Å². The Morgan fingerprint density at radius 2 is 1.84 bits per heavy atom. The van der Waals surface area contributed by atoms with E-state index < -0.39 is 5.54 Å². The van der Waals surface area contributed by atoms with Crippen molar-refractivity contribution >= 4 is 0 Å². The van der Waals surface area contributed by atoms with E-state index in [-0.39, 0.29) is 11.9 Å². The van der Waals surface area contributed by atoms with Crippen molar-refractivity contribution in [3.8, 4) is 11.5 Å². The summed E-state index contributed by atoms with van der Waals surface area (Å²) in [5, 5.41) is 0. The third kappa shape index (κ3) is 2.84. The summed E-state index contributed by atoms with van der Waals surface area (Å²) < 4.78 is 25.2. The van der Waals surface area contributed by atoms with Crippen molar-refractivity contribution in [1.29, 1.82) is 0 Å². The second-order valence-corrected chi connectivity index (χ2v) is 5.51. The molecule has 3 nitrogen and oxygen atoms in total. The molecule has 106 valence electrons. The second kappa shape index (κ2) is 5.37. The minimum absolute atomic E-state index is 0.0301. The standard InChI is InChI=1S/C15H22FNO2/c1-10(2)19-14-9-12(16)11(8-13(14)18-3)15(17)6-4-5-7-15/h8-10H,4-7,17H2,1-3H3. The fourth-order valence-corrected chi connectivity index (χ4v) is 2.70. The summed E-state index contributed by atoms with van der Waals surface area (Å²) in [4.78, 5) is 0. The van der Waals surface area contributed by atoms with Crippen LogP contribution in [0.5, 0.6) is 11.5 Å². The Hall–Kier alpha value is -1.29. The zero-order valence-electron chi connectivity index (χ0n) is 11.8. The molecular weight excluding hydrogens is 245 g/mol. The van der Waals surface area contributed by atoms with Crippen LogP contribution in [0, 0.1) is 5.82 Å². The van der Waals surface area contributed by atoms with Gasteiger partial charge in [0.15, 0.2) is 11.5 Å². The van der Waals surface area contributed by atoms with Gasteiger partial charge in [0.05, 0.1) is 13.2 Å². The topological polar surface area (TPSA) is 44.5 Å². The smallest absolute Gasteiger partial charge is 0.164 e. The summed E-state index contributed by atoms with van der Waals surface area (Å²) in [6, 6.07) is 3.08. The molecule has 0 unspecified atom stereocenters. The molecule has 0 spiro atoms. The fraction of sp³-hybridized carbons (Fsp3) is 0.600. The summed E-state index contributed by atoms with van der Waals surface area (Å²) in [5.74, 6) is 0.669. The van der Waals surface area contributed by atoms with E-state index in [1.165, 1.54) is 6.07 Å². The second-order valence-electron chi connectivity index (χ2n) is 5.51. The fourth-order valence-electron chi connectivity index (χ4n) is 2.70. The van der Waals surface area contributed by atoms with Gasteiger partial charge in [-0.2, -0.15) is 0 Å². The Balaban J connectivity index is 2.41. The summed E-state index contributed by atoms with van der Waals surface area (Å²) in [6.07, 6.45) is 3.69. The molecule has 2 N–H and O–H groups in total. The number of halogens is 1. The summed E-state index contributed by atoms with van der Waals surface area (Å²) in [5.41, 5.74) is 6.30. The van der Waals surface area contributed by atoms with Gasteiger partial charge in [0.25, 0.3) is 0 Å². The van der Waals surface area contributed by atoms with Gasteiger partial charge in [0, 0.05) is 17.2 Å². The van der Waals surface area contributed by atoms with Crippen LogP contribution in [0.15, 0.2) is 12.1 Å². The van der Waals surface area contributed by atoms with Crippen LogP contribution in [0.4, 0.5) is 4.39 Å². The lowest BCUT2D eigenvalue weighted by Gasteiger charge is -2.26. The number of nitrogens with two attached hydrogens (primary N) is 1. The van der Waals surface area contributed by atoms with Gasteiger partial charge in [-0.1, -0.05) is 12.8 Å². The molecule has 1 aromatic rings. The average molecular weight is 267 g/mol. The van der Waals surface area contributed by atoms with Gasteiger partial charge in [-0.3, -0.25) is 0 Å². The van der Waals surface area contributed by atoms with Crippen molar-refractivity contribution < 1.29 is 13.9 Å². The van der Waals surface area contributed by atoms with Crippen LogP contribution >= 0.6 is 0 Å². The van der Waals surface area contributed by atoms with Gasteiger partial charge >= 0.3 is 0 Å². The minimum atomic E-state index is -0.562. The van der Waals surface area contributed by atoms with Crippen LogP contribution < -0.4 is 15.2 Å². The molecule has 0 heterocycles. The van der Waals surface area contributed by atoms with E-state index in [1.54, 1.807) is 13.2 Å². The zero-order chi connectivity index (χ0) is 14.0. The first-order valence-corrected chi connectivity index (χ1v) is 6.80. The largest absolute Gasteiger partial charge is 0.493 e. The third-order valence-corrected chi connectivity index (χ3v) is 3.65. The molecule has 1 fully saturated rings. The molecular formula is C15H22FNO2. The lowest BCUT2D eigenvalue weighted by atomic mass is 9.88. The molecule has 0 radical (unpaired) electrons. The van der Waals surface area contributed by atoms with Crippen LogP contribution in [-0.4, -0.2) is 13.2 Å². The molecule has 0 aliphatic heterocycles. The monoisotopic (exact) mass is 267 g/mol. The normalized spacial score (nSPS) is 17.8. The van der Waals surface area contributed by atoms with Crippen LogP contribution in [0.2, 0.25) is 0 Å². The number of rotatable bonds is 4. The van der Waals surface area contributed by atoms with Crippen LogP contribution in [0.3, 0.4) is 0 Å². The molecule has 19 heavy (non-hydrogen) atoms. The van der Waals surface area contributed by atoms with Gasteiger partial charge < -0.3 is 15.2 Å². The summed E-state index contributed by atoms with van der Waals surface area (Å²) in [6.45, 7) is 3.79. The van der Waals surface area contributed by atoms with Gasteiger partial charge in [0.1, 0.15) is 5.82 Å². The molecule has 4 heteroatoms. The van der Waals surface area contributed by atoms with Crippen molar-refractivity contribution in [2.75, 3.05) is 7.11 Å². The van der Waals surface area contributed by atoms with E-state index in [9.17, 15) is 4.39 Å². The molecule has 1 aliphatic carbocycles. The highest BCUT2D eigenvalue weighted by Crippen LogP contribution is 2.41. The third-order valence-electron chi connectivity index (χ3n) is 3.65. The molecule has 0 saturated heterocycles. The molecule has 0 bridgehead atoms. The lowest BCUT2D eigenvalue weighted by molar-refractivity contribution is 0.228. The Kier molecular flexibility index (Phi) is 3.99. The first kappa shape index (κ1) is 14.1. The zero-order valence-corrected chi connectivity index (χ0v) is 11.8. The van der Waals surface area contributed by atoms with Crippen molar-refractivity contribution in [3.05, 3.63) is 23.5 Å². The number of hydrogen-bond donors (Lipinski definition) is 1. The highest BCUT2D eigenvalue weighted by Gasteiger charge is 2.34. The number of hydrogen-bond acceptors (Lipinski definition) is 3. The Morgan fingerprint density at radius 1 is 1.21 bits per heavy atom.